The molecule has 0 aromatic carbocycles. The first-order chi connectivity index (χ1) is 14.9. The van der Waals surface area contributed by atoms with Crippen LogP contribution in [0.2, 0.25) is 5.02 Å². The van der Waals surface area contributed by atoms with E-state index in [0.29, 0.717) is 29.2 Å². The van der Waals surface area contributed by atoms with Crippen molar-refractivity contribution in [3.05, 3.63) is 40.9 Å². The fraction of sp³-hybridized carbons (Fsp3) is 0.583. The van der Waals surface area contributed by atoms with Gasteiger partial charge in [0.2, 0.25) is 0 Å². The minimum Gasteiger partial charge on any atom is -0.381 e. The highest BCUT2D eigenvalue weighted by atomic mass is 35.5. The van der Waals surface area contributed by atoms with Crippen LogP contribution in [0.3, 0.4) is 0 Å². The van der Waals surface area contributed by atoms with Gasteiger partial charge in [0.1, 0.15) is 0 Å². The van der Waals surface area contributed by atoms with E-state index in [0.717, 1.165) is 69.4 Å². The molecule has 1 saturated heterocycles. The number of pyridine rings is 2. The number of halogens is 2. The van der Waals surface area contributed by atoms with Gasteiger partial charge in [0.05, 0.1) is 10.7 Å². The van der Waals surface area contributed by atoms with Crippen LogP contribution >= 0.6 is 11.6 Å². The normalized spacial score (nSPS) is 23.5. The Bertz CT molecular complexity index is 895. The average molecular weight is 447 g/mol. The Hall–Kier alpha value is -1.76. The lowest BCUT2D eigenvalue weighted by Gasteiger charge is -2.33. The topological polar surface area (TPSA) is 73.1 Å². The fourth-order valence-corrected chi connectivity index (χ4v) is 4.73. The fourth-order valence-electron chi connectivity index (χ4n) is 4.53. The summed E-state index contributed by atoms with van der Waals surface area (Å²) in [5.41, 5.74) is 8.55. The zero-order valence-corrected chi connectivity index (χ0v) is 18.9. The number of aromatic nitrogens is 2. The number of rotatable bonds is 6. The quantitative estimate of drug-likeness (QED) is 0.636. The summed E-state index contributed by atoms with van der Waals surface area (Å²) < 4.78 is 19.9. The molecular formula is C24H32ClFN4O. The van der Waals surface area contributed by atoms with E-state index in [1.54, 1.807) is 12.3 Å². The first kappa shape index (κ1) is 22.4. The zero-order chi connectivity index (χ0) is 21.8. The van der Waals surface area contributed by atoms with Crippen LogP contribution in [0.25, 0.3) is 11.3 Å². The maximum atomic E-state index is 14.5. The van der Waals surface area contributed by atoms with Gasteiger partial charge < -0.3 is 15.8 Å². The molecule has 0 bridgehead atoms. The molecule has 2 aliphatic rings. The lowest BCUT2D eigenvalue weighted by molar-refractivity contribution is 0.0299. The highest BCUT2D eigenvalue weighted by Crippen LogP contribution is 2.33. The Morgan fingerprint density at radius 1 is 1.23 bits per heavy atom. The lowest BCUT2D eigenvalue weighted by Crippen LogP contribution is -2.33. The molecule has 3 N–H and O–H groups in total. The van der Waals surface area contributed by atoms with Gasteiger partial charge in [-0.1, -0.05) is 18.5 Å². The smallest absolute Gasteiger partial charge is 0.165 e. The molecule has 2 aromatic heterocycles. The molecule has 1 aliphatic heterocycles. The van der Waals surface area contributed by atoms with E-state index in [4.69, 9.17) is 22.1 Å². The molecule has 7 heteroatoms. The summed E-state index contributed by atoms with van der Waals surface area (Å²) in [6.07, 6.45) is 8.90. The summed E-state index contributed by atoms with van der Waals surface area (Å²) in [7, 11) is 0. The Labute approximate surface area is 188 Å². The van der Waals surface area contributed by atoms with E-state index in [2.05, 4.69) is 22.2 Å². The lowest BCUT2D eigenvalue weighted by atomic mass is 9.82. The predicted octanol–water partition coefficient (Wildman–Crippen LogP) is 5.22. The number of nitrogens with one attached hydrogen (secondary N) is 1. The SMILES string of the molecule is CC1(CNc2nc(-c3cc(CC4CCC(N)CC4)ncc3Cl)ccc2F)CCOCC1. The van der Waals surface area contributed by atoms with Crippen molar-refractivity contribution in [2.75, 3.05) is 25.1 Å². The zero-order valence-electron chi connectivity index (χ0n) is 18.2. The van der Waals surface area contributed by atoms with Gasteiger partial charge in [-0.3, -0.25) is 4.98 Å². The average Bonchev–Trinajstić information content (AvgIpc) is 2.77. The van der Waals surface area contributed by atoms with Gasteiger partial charge in [0.15, 0.2) is 11.6 Å². The third kappa shape index (κ3) is 5.73. The van der Waals surface area contributed by atoms with Crippen molar-refractivity contribution >= 4 is 17.4 Å². The second-order valence-electron chi connectivity index (χ2n) is 9.44. The molecule has 0 unspecified atom stereocenters. The number of nitrogens with two attached hydrogens (primary N) is 1. The van der Waals surface area contributed by atoms with E-state index in [9.17, 15) is 4.39 Å². The van der Waals surface area contributed by atoms with E-state index in [-0.39, 0.29) is 17.1 Å². The molecule has 0 spiro atoms. The molecule has 4 rings (SSSR count). The maximum Gasteiger partial charge on any atom is 0.165 e. The predicted molar refractivity (Wildman–Crippen MR) is 123 cm³/mol. The summed E-state index contributed by atoms with van der Waals surface area (Å²) in [5.74, 6) is 0.504. The van der Waals surface area contributed by atoms with Crippen molar-refractivity contribution in [3.8, 4) is 11.3 Å². The second-order valence-corrected chi connectivity index (χ2v) is 9.85. The van der Waals surface area contributed by atoms with E-state index in [1.165, 1.54) is 6.07 Å². The number of hydrogen-bond donors (Lipinski definition) is 2. The van der Waals surface area contributed by atoms with Crippen LogP contribution in [0.1, 0.15) is 51.1 Å². The first-order valence-corrected chi connectivity index (χ1v) is 11.7. The Kier molecular flexibility index (Phi) is 7.09. The van der Waals surface area contributed by atoms with Crippen LogP contribution < -0.4 is 11.1 Å². The molecule has 5 nitrogen and oxygen atoms in total. The van der Waals surface area contributed by atoms with E-state index >= 15 is 0 Å². The third-order valence-electron chi connectivity index (χ3n) is 6.81. The van der Waals surface area contributed by atoms with Crippen LogP contribution in [0.15, 0.2) is 24.4 Å². The molecule has 1 saturated carbocycles. The van der Waals surface area contributed by atoms with Crippen molar-refractivity contribution in [1.29, 1.82) is 0 Å². The third-order valence-corrected chi connectivity index (χ3v) is 7.11. The minimum absolute atomic E-state index is 0.0758. The number of ether oxygens (including phenoxy) is 1. The largest absolute Gasteiger partial charge is 0.381 e. The summed E-state index contributed by atoms with van der Waals surface area (Å²) in [4.78, 5) is 9.10. The van der Waals surface area contributed by atoms with Crippen LogP contribution in [0, 0.1) is 17.2 Å². The standard InChI is InChI=1S/C24H32ClFN4O/c1-24(8-10-31-11-9-24)15-29-23-21(26)6-7-22(30-23)19-13-18(28-14-20(19)25)12-16-2-4-17(27)5-3-16/h6-7,13-14,16-17H,2-5,8-12,15,27H2,1H3,(H,29,30). The number of anilines is 1. The highest BCUT2D eigenvalue weighted by molar-refractivity contribution is 6.33. The van der Waals surface area contributed by atoms with Crippen molar-refractivity contribution in [2.45, 2.75) is 57.9 Å². The van der Waals surface area contributed by atoms with E-state index < -0.39 is 0 Å². The monoisotopic (exact) mass is 446 g/mol. The van der Waals surface area contributed by atoms with Crippen molar-refractivity contribution in [2.24, 2.45) is 17.1 Å². The highest BCUT2D eigenvalue weighted by Gasteiger charge is 2.27. The van der Waals surface area contributed by atoms with Crippen LogP contribution in [0.5, 0.6) is 0 Å². The van der Waals surface area contributed by atoms with Crippen molar-refractivity contribution < 1.29 is 9.13 Å². The summed E-state index contributed by atoms with van der Waals surface area (Å²) >= 11 is 6.46. The van der Waals surface area contributed by atoms with Crippen LogP contribution in [0.4, 0.5) is 10.2 Å². The molecule has 1 aliphatic carbocycles. The molecule has 168 valence electrons. The van der Waals surface area contributed by atoms with Crippen LogP contribution in [-0.2, 0) is 11.2 Å². The van der Waals surface area contributed by atoms with Gasteiger partial charge >= 0.3 is 0 Å². The summed E-state index contributed by atoms with van der Waals surface area (Å²) in [6.45, 7) is 4.35. The molecular weight excluding hydrogens is 415 g/mol. The molecule has 0 radical (unpaired) electrons. The number of hydrogen-bond acceptors (Lipinski definition) is 5. The Morgan fingerprint density at radius 3 is 2.71 bits per heavy atom. The molecule has 3 heterocycles. The molecule has 2 fully saturated rings. The molecule has 0 amide bonds. The van der Waals surface area contributed by atoms with Gasteiger partial charge in [-0.15, -0.1) is 0 Å². The van der Waals surface area contributed by atoms with Crippen molar-refractivity contribution in [1.82, 2.24) is 9.97 Å². The van der Waals surface area contributed by atoms with Gasteiger partial charge in [0.25, 0.3) is 0 Å². The summed E-state index contributed by atoms with van der Waals surface area (Å²) in [5, 5.41) is 3.75. The number of nitrogens with zero attached hydrogens (tertiary/aromatic N) is 2. The van der Waals surface area contributed by atoms with Gasteiger partial charge in [0, 0.05) is 43.3 Å². The van der Waals surface area contributed by atoms with Crippen LogP contribution in [-0.4, -0.2) is 35.8 Å². The molecule has 31 heavy (non-hydrogen) atoms. The van der Waals surface area contributed by atoms with Crippen molar-refractivity contribution in [3.63, 3.8) is 0 Å². The van der Waals surface area contributed by atoms with Gasteiger partial charge in [-0.25, -0.2) is 9.37 Å². The Morgan fingerprint density at radius 2 is 1.97 bits per heavy atom. The maximum absolute atomic E-state index is 14.5. The molecule has 2 aromatic rings. The van der Waals surface area contributed by atoms with E-state index in [1.807, 2.05) is 6.07 Å². The van der Waals surface area contributed by atoms with Gasteiger partial charge in [-0.2, -0.15) is 0 Å². The molecule has 0 atom stereocenters. The summed E-state index contributed by atoms with van der Waals surface area (Å²) in [6, 6.07) is 5.47. The Balaban J connectivity index is 1.50. The van der Waals surface area contributed by atoms with Gasteiger partial charge in [-0.05, 0) is 74.5 Å². The second kappa shape index (κ2) is 9.80. The minimum atomic E-state index is -0.358. The first-order valence-electron chi connectivity index (χ1n) is 11.3.